The number of nitrogens with zero attached hydrogens (tertiary/aromatic N) is 2. The first-order valence-corrected chi connectivity index (χ1v) is 5.56. The lowest BCUT2D eigenvalue weighted by atomic mass is 10.2. The van der Waals surface area contributed by atoms with Gasteiger partial charge in [-0.3, -0.25) is 4.68 Å². The van der Waals surface area contributed by atoms with Crippen LogP contribution in [0.15, 0.2) is 30.5 Å². The largest absolute Gasteiger partial charge is 0.496 e. The lowest BCUT2D eigenvalue weighted by Crippen LogP contribution is -2.01. The van der Waals surface area contributed by atoms with Crippen LogP contribution in [-0.4, -0.2) is 16.9 Å². The van der Waals surface area contributed by atoms with Crippen LogP contribution >= 0.6 is 0 Å². The highest BCUT2D eigenvalue weighted by molar-refractivity contribution is 5.50. The number of benzene rings is 1. The van der Waals surface area contributed by atoms with Crippen LogP contribution in [-0.2, 0) is 13.6 Å². The highest BCUT2D eigenvalue weighted by Crippen LogP contribution is 2.21. The summed E-state index contributed by atoms with van der Waals surface area (Å²) in [6, 6.07) is 8.05. The number of anilines is 1. The third-order valence-corrected chi connectivity index (χ3v) is 2.64. The molecule has 1 N–H and O–H groups in total. The van der Waals surface area contributed by atoms with Crippen molar-refractivity contribution in [2.75, 3.05) is 12.4 Å². The van der Waals surface area contributed by atoms with Gasteiger partial charge in [0.2, 0.25) is 0 Å². The van der Waals surface area contributed by atoms with Crippen molar-refractivity contribution in [2.24, 2.45) is 7.05 Å². The molecule has 0 radical (unpaired) electrons. The van der Waals surface area contributed by atoms with Gasteiger partial charge in [-0.15, -0.1) is 0 Å². The minimum Gasteiger partial charge on any atom is -0.496 e. The van der Waals surface area contributed by atoms with Crippen LogP contribution in [0.25, 0.3) is 0 Å². The number of hydrogen-bond acceptors (Lipinski definition) is 3. The van der Waals surface area contributed by atoms with Gasteiger partial charge in [-0.1, -0.05) is 0 Å². The molecule has 17 heavy (non-hydrogen) atoms. The Kier molecular flexibility index (Phi) is 3.32. The molecular formula is C13H17N3O. The highest BCUT2D eigenvalue weighted by atomic mass is 16.5. The molecule has 90 valence electrons. The van der Waals surface area contributed by atoms with Gasteiger partial charge in [0.25, 0.3) is 0 Å². The number of rotatable bonds is 4. The molecule has 1 aromatic carbocycles. The van der Waals surface area contributed by atoms with Crippen LogP contribution in [0, 0.1) is 6.92 Å². The predicted octanol–water partition coefficient (Wildman–Crippen LogP) is 2.35. The molecular weight excluding hydrogens is 214 g/mol. The molecule has 1 aromatic heterocycles. The second-order valence-electron chi connectivity index (χ2n) is 4.02. The molecule has 0 amide bonds. The Morgan fingerprint density at radius 2 is 2.18 bits per heavy atom. The average Bonchev–Trinajstić information content (AvgIpc) is 2.73. The molecule has 0 unspecified atom stereocenters. The normalized spacial score (nSPS) is 10.3. The van der Waals surface area contributed by atoms with Gasteiger partial charge < -0.3 is 10.1 Å². The molecule has 0 fully saturated rings. The third-order valence-electron chi connectivity index (χ3n) is 2.64. The van der Waals surface area contributed by atoms with Crippen molar-refractivity contribution in [1.82, 2.24) is 9.78 Å². The fourth-order valence-electron chi connectivity index (χ4n) is 1.74. The van der Waals surface area contributed by atoms with E-state index in [0.717, 1.165) is 29.2 Å². The molecule has 2 rings (SSSR count). The Morgan fingerprint density at radius 1 is 1.35 bits per heavy atom. The standard InChI is InChI=1S/C13H17N3O/c1-10-8-11(4-5-13(10)17-3)14-9-12-6-7-16(2)15-12/h4-8,14H,9H2,1-3H3. The Morgan fingerprint density at radius 3 is 2.76 bits per heavy atom. The second-order valence-corrected chi connectivity index (χ2v) is 4.02. The summed E-state index contributed by atoms with van der Waals surface area (Å²) in [6.45, 7) is 2.76. The van der Waals surface area contributed by atoms with E-state index in [2.05, 4.69) is 16.5 Å². The molecule has 0 aliphatic carbocycles. The van der Waals surface area contributed by atoms with Gasteiger partial charge in [0.15, 0.2) is 0 Å². The van der Waals surface area contributed by atoms with E-state index >= 15 is 0 Å². The lowest BCUT2D eigenvalue weighted by molar-refractivity contribution is 0.412. The first kappa shape index (κ1) is 11.5. The van der Waals surface area contributed by atoms with E-state index in [1.807, 2.05) is 38.4 Å². The van der Waals surface area contributed by atoms with Crippen molar-refractivity contribution >= 4 is 5.69 Å². The number of nitrogens with one attached hydrogen (secondary N) is 1. The molecule has 0 aliphatic rings. The van der Waals surface area contributed by atoms with Gasteiger partial charge in [0.1, 0.15) is 5.75 Å². The molecule has 0 aliphatic heterocycles. The first-order valence-electron chi connectivity index (χ1n) is 5.56. The smallest absolute Gasteiger partial charge is 0.121 e. The fraction of sp³-hybridized carbons (Fsp3) is 0.308. The minimum atomic E-state index is 0.729. The first-order chi connectivity index (χ1) is 8.19. The van der Waals surface area contributed by atoms with E-state index in [9.17, 15) is 0 Å². The van der Waals surface area contributed by atoms with Crippen LogP contribution in [0.5, 0.6) is 5.75 Å². The van der Waals surface area contributed by atoms with E-state index < -0.39 is 0 Å². The van der Waals surface area contributed by atoms with E-state index in [4.69, 9.17) is 4.74 Å². The van der Waals surface area contributed by atoms with Gasteiger partial charge in [-0.05, 0) is 36.8 Å². The quantitative estimate of drug-likeness (QED) is 0.878. The molecule has 1 heterocycles. The van der Waals surface area contributed by atoms with Crippen molar-refractivity contribution in [2.45, 2.75) is 13.5 Å². The summed E-state index contributed by atoms with van der Waals surface area (Å²) in [5.74, 6) is 0.911. The van der Waals surface area contributed by atoms with Crippen molar-refractivity contribution in [3.05, 3.63) is 41.7 Å². The van der Waals surface area contributed by atoms with Crippen molar-refractivity contribution in [3.63, 3.8) is 0 Å². The van der Waals surface area contributed by atoms with E-state index in [1.54, 1.807) is 11.8 Å². The maximum Gasteiger partial charge on any atom is 0.121 e. The van der Waals surface area contributed by atoms with E-state index in [0.29, 0.717) is 0 Å². The Labute approximate surface area is 101 Å². The van der Waals surface area contributed by atoms with Crippen LogP contribution in [0.2, 0.25) is 0 Å². The molecule has 0 bridgehead atoms. The molecule has 4 nitrogen and oxygen atoms in total. The SMILES string of the molecule is COc1ccc(NCc2ccn(C)n2)cc1C. The maximum atomic E-state index is 5.22. The minimum absolute atomic E-state index is 0.729. The molecule has 0 saturated heterocycles. The highest BCUT2D eigenvalue weighted by Gasteiger charge is 2.01. The Bertz CT molecular complexity index is 505. The van der Waals surface area contributed by atoms with E-state index in [-0.39, 0.29) is 0 Å². The Balaban J connectivity index is 2.02. The number of methoxy groups -OCH3 is 1. The predicted molar refractivity (Wildman–Crippen MR) is 68.3 cm³/mol. The second kappa shape index (κ2) is 4.91. The van der Waals surface area contributed by atoms with Crippen LogP contribution in [0.3, 0.4) is 0 Å². The summed E-state index contributed by atoms with van der Waals surface area (Å²) in [5, 5.41) is 7.65. The summed E-state index contributed by atoms with van der Waals surface area (Å²) >= 11 is 0. The molecule has 0 atom stereocenters. The van der Waals surface area contributed by atoms with Gasteiger partial charge in [-0.2, -0.15) is 5.10 Å². The van der Waals surface area contributed by atoms with Crippen LogP contribution in [0.1, 0.15) is 11.3 Å². The van der Waals surface area contributed by atoms with Crippen LogP contribution in [0.4, 0.5) is 5.69 Å². The fourth-order valence-corrected chi connectivity index (χ4v) is 1.74. The number of aryl methyl sites for hydroxylation is 2. The van der Waals surface area contributed by atoms with Crippen LogP contribution < -0.4 is 10.1 Å². The summed E-state index contributed by atoms with van der Waals surface area (Å²) in [7, 11) is 3.60. The molecule has 0 saturated carbocycles. The van der Waals surface area contributed by atoms with Gasteiger partial charge in [-0.25, -0.2) is 0 Å². The average molecular weight is 231 g/mol. The maximum absolute atomic E-state index is 5.22. The summed E-state index contributed by atoms with van der Waals surface area (Å²) in [5.41, 5.74) is 3.23. The number of hydrogen-bond donors (Lipinski definition) is 1. The lowest BCUT2D eigenvalue weighted by Gasteiger charge is -2.08. The zero-order valence-corrected chi connectivity index (χ0v) is 10.4. The van der Waals surface area contributed by atoms with Crippen molar-refractivity contribution < 1.29 is 4.74 Å². The van der Waals surface area contributed by atoms with Gasteiger partial charge in [0.05, 0.1) is 19.3 Å². The molecule has 0 spiro atoms. The monoisotopic (exact) mass is 231 g/mol. The summed E-state index contributed by atoms with van der Waals surface area (Å²) in [6.07, 6.45) is 1.94. The Hall–Kier alpha value is -1.97. The van der Waals surface area contributed by atoms with Gasteiger partial charge >= 0.3 is 0 Å². The van der Waals surface area contributed by atoms with Gasteiger partial charge in [0, 0.05) is 18.9 Å². The topological polar surface area (TPSA) is 39.1 Å². The zero-order chi connectivity index (χ0) is 12.3. The number of aromatic nitrogens is 2. The third kappa shape index (κ3) is 2.78. The zero-order valence-electron chi connectivity index (χ0n) is 10.4. The van der Waals surface area contributed by atoms with Crippen molar-refractivity contribution in [1.29, 1.82) is 0 Å². The summed E-state index contributed by atoms with van der Waals surface area (Å²) in [4.78, 5) is 0. The number of ether oxygens (including phenoxy) is 1. The van der Waals surface area contributed by atoms with Crippen molar-refractivity contribution in [3.8, 4) is 5.75 Å². The summed E-state index contributed by atoms with van der Waals surface area (Å²) < 4.78 is 7.02. The molecule has 2 aromatic rings. The molecule has 4 heteroatoms. The van der Waals surface area contributed by atoms with E-state index in [1.165, 1.54) is 0 Å².